The standard InChI is InChI=1S/C19H20NO4P/c1-3-22-25(21,23-4-2)19(15-20)14-16-10-12-18(13-11-16)24-17-8-6-5-7-9-17/h5-14H,3-4H2,1-2H3/b19-14-. The molecule has 0 aliphatic rings. The predicted molar refractivity (Wildman–Crippen MR) is 97.4 cm³/mol. The summed E-state index contributed by atoms with van der Waals surface area (Å²) in [7, 11) is -3.59. The highest BCUT2D eigenvalue weighted by atomic mass is 31.2. The maximum absolute atomic E-state index is 12.7. The average molecular weight is 357 g/mol. The molecule has 0 unspecified atom stereocenters. The number of ether oxygens (including phenoxy) is 1. The molecular weight excluding hydrogens is 337 g/mol. The van der Waals surface area contributed by atoms with Gasteiger partial charge in [0.15, 0.2) is 0 Å². The number of nitriles is 1. The Kier molecular flexibility index (Phi) is 6.97. The molecule has 2 rings (SSSR count). The van der Waals surface area contributed by atoms with E-state index >= 15 is 0 Å². The molecule has 0 saturated heterocycles. The number of benzene rings is 2. The molecule has 0 radical (unpaired) electrons. The molecule has 0 aromatic heterocycles. The van der Waals surface area contributed by atoms with Gasteiger partial charge in [-0.2, -0.15) is 5.26 Å². The minimum Gasteiger partial charge on any atom is -0.457 e. The van der Waals surface area contributed by atoms with Gasteiger partial charge >= 0.3 is 7.60 Å². The summed E-state index contributed by atoms with van der Waals surface area (Å²) in [6, 6.07) is 18.5. The van der Waals surface area contributed by atoms with Crippen molar-refractivity contribution in [3.05, 3.63) is 65.5 Å². The summed E-state index contributed by atoms with van der Waals surface area (Å²) in [5.41, 5.74) is 0.705. The van der Waals surface area contributed by atoms with Gasteiger partial charge in [0.25, 0.3) is 0 Å². The molecule has 0 aliphatic heterocycles. The van der Waals surface area contributed by atoms with Crippen LogP contribution in [0, 0.1) is 11.3 Å². The van der Waals surface area contributed by atoms with E-state index in [9.17, 15) is 9.83 Å². The first-order valence-corrected chi connectivity index (χ1v) is 9.50. The van der Waals surface area contributed by atoms with Gasteiger partial charge in [-0.05, 0) is 49.8 Å². The van der Waals surface area contributed by atoms with Crippen LogP contribution in [0.3, 0.4) is 0 Å². The predicted octanol–water partition coefficient (Wildman–Crippen LogP) is 5.61. The van der Waals surface area contributed by atoms with E-state index in [0.717, 1.165) is 5.75 Å². The van der Waals surface area contributed by atoms with Crippen LogP contribution in [-0.2, 0) is 13.6 Å². The van der Waals surface area contributed by atoms with Crippen LogP contribution in [0.25, 0.3) is 6.08 Å². The first-order chi connectivity index (χ1) is 12.1. The van der Waals surface area contributed by atoms with E-state index in [1.165, 1.54) is 6.08 Å². The third-order valence-electron chi connectivity index (χ3n) is 3.17. The van der Waals surface area contributed by atoms with Crippen molar-refractivity contribution in [3.8, 4) is 17.6 Å². The number of hydrogen-bond donors (Lipinski definition) is 0. The van der Waals surface area contributed by atoms with E-state index in [1.807, 2.05) is 36.4 Å². The summed E-state index contributed by atoms with van der Waals surface area (Å²) in [6.45, 7) is 3.80. The van der Waals surface area contributed by atoms with Crippen LogP contribution in [-0.4, -0.2) is 13.2 Å². The minimum absolute atomic E-state index is 0.0204. The van der Waals surface area contributed by atoms with Crippen molar-refractivity contribution < 1.29 is 18.3 Å². The summed E-state index contributed by atoms with van der Waals surface area (Å²) in [4.78, 5) is 0. The SMILES string of the molecule is CCOP(=O)(OCC)/C(C#N)=C\c1ccc(Oc2ccccc2)cc1. The fourth-order valence-electron chi connectivity index (χ4n) is 2.10. The first kappa shape index (κ1) is 19.0. The Balaban J connectivity index is 2.21. The normalized spacial score (nSPS) is 11.8. The first-order valence-electron chi connectivity index (χ1n) is 7.95. The second kappa shape index (κ2) is 9.19. The fraction of sp³-hybridized carbons (Fsp3) is 0.211. The maximum Gasteiger partial charge on any atom is 0.371 e. The van der Waals surface area contributed by atoms with Crippen molar-refractivity contribution in [1.82, 2.24) is 0 Å². The van der Waals surface area contributed by atoms with Crippen LogP contribution in [0.5, 0.6) is 11.5 Å². The molecule has 2 aromatic carbocycles. The topological polar surface area (TPSA) is 68.5 Å². The van der Waals surface area contributed by atoms with Crippen molar-refractivity contribution in [2.24, 2.45) is 0 Å². The summed E-state index contributed by atoms with van der Waals surface area (Å²) in [6.07, 6.45) is 1.51. The van der Waals surface area contributed by atoms with Crippen LogP contribution in [0.2, 0.25) is 0 Å². The van der Waals surface area contributed by atoms with Crippen molar-refractivity contribution in [1.29, 1.82) is 5.26 Å². The minimum atomic E-state index is -3.59. The van der Waals surface area contributed by atoms with Gasteiger partial charge in [-0.25, -0.2) is 0 Å². The molecule has 0 atom stereocenters. The van der Waals surface area contributed by atoms with Crippen molar-refractivity contribution in [2.75, 3.05) is 13.2 Å². The molecule has 5 nitrogen and oxygen atoms in total. The lowest BCUT2D eigenvalue weighted by Crippen LogP contribution is -1.97. The molecule has 0 aliphatic carbocycles. The van der Waals surface area contributed by atoms with Crippen molar-refractivity contribution in [3.63, 3.8) is 0 Å². The smallest absolute Gasteiger partial charge is 0.371 e. The highest BCUT2D eigenvalue weighted by Crippen LogP contribution is 2.56. The molecule has 0 heterocycles. The Morgan fingerprint density at radius 3 is 2.08 bits per heavy atom. The van der Waals surface area contributed by atoms with Gasteiger partial charge in [0, 0.05) is 0 Å². The summed E-state index contributed by atoms with van der Waals surface area (Å²) in [5, 5.41) is 9.33. The van der Waals surface area contributed by atoms with Crippen LogP contribution >= 0.6 is 7.60 Å². The Bertz CT molecular complexity index is 784. The van der Waals surface area contributed by atoms with Gasteiger partial charge in [-0.1, -0.05) is 30.3 Å². The van der Waals surface area contributed by atoms with E-state index < -0.39 is 7.60 Å². The van der Waals surface area contributed by atoms with E-state index in [1.54, 1.807) is 38.1 Å². The van der Waals surface area contributed by atoms with Crippen molar-refractivity contribution >= 4 is 13.7 Å². The van der Waals surface area contributed by atoms with Crippen molar-refractivity contribution in [2.45, 2.75) is 13.8 Å². The van der Waals surface area contributed by atoms with Crippen LogP contribution in [0.4, 0.5) is 0 Å². The second-order valence-corrected chi connectivity index (χ2v) is 6.95. The molecular formula is C19H20NO4P. The number of rotatable bonds is 8. The van der Waals surface area contributed by atoms with E-state index in [4.69, 9.17) is 13.8 Å². The molecule has 0 fully saturated rings. The van der Waals surface area contributed by atoms with E-state index in [0.29, 0.717) is 11.3 Å². The van der Waals surface area contributed by atoms with E-state index in [2.05, 4.69) is 0 Å². The Morgan fingerprint density at radius 1 is 1.00 bits per heavy atom. The monoisotopic (exact) mass is 357 g/mol. The molecule has 0 bridgehead atoms. The lowest BCUT2D eigenvalue weighted by Gasteiger charge is -2.15. The Labute approximate surface area is 148 Å². The highest BCUT2D eigenvalue weighted by Gasteiger charge is 2.29. The molecule has 0 amide bonds. The summed E-state index contributed by atoms with van der Waals surface area (Å²) in [5.74, 6) is 1.40. The van der Waals surface area contributed by atoms with Crippen LogP contribution < -0.4 is 4.74 Å². The van der Waals surface area contributed by atoms with Gasteiger partial charge in [-0.3, -0.25) is 4.57 Å². The zero-order valence-electron chi connectivity index (χ0n) is 14.2. The number of para-hydroxylation sites is 1. The lowest BCUT2D eigenvalue weighted by molar-refractivity contribution is 0.227. The number of hydrogen-bond acceptors (Lipinski definition) is 5. The molecule has 0 spiro atoms. The molecule has 25 heavy (non-hydrogen) atoms. The quantitative estimate of drug-likeness (QED) is 0.454. The number of nitrogens with zero attached hydrogens (tertiary/aromatic N) is 1. The van der Waals surface area contributed by atoms with Gasteiger partial charge in [0.05, 0.1) is 13.2 Å². The van der Waals surface area contributed by atoms with Crippen LogP contribution in [0.15, 0.2) is 59.9 Å². The second-order valence-electron chi connectivity index (χ2n) is 4.96. The molecule has 6 heteroatoms. The van der Waals surface area contributed by atoms with Crippen LogP contribution in [0.1, 0.15) is 19.4 Å². The summed E-state index contributed by atoms with van der Waals surface area (Å²) >= 11 is 0. The highest BCUT2D eigenvalue weighted by molar-refractivity contribution is 7.59. The fourth-order valence-corrected chi connectivity index (χ4v) is 3.57. The Morgan fingerprint density at radius 2 is 1.56 bits per heavy atom. The van der Waals surface area contributed by atoms with Gasteiger partial charge in [0.2, 0.25) is 0 Å². The van der Waals surface area contributed by atoms with Gasteiger partial charge in [0.1, 0.15) is 22.9 Å². The lowest BCUT2D eigenvalue weighted by atomic mass is 10.2. The zero-order chi connectivity index (χ0) is 18.1. The zero-order valence-corrected chi connectivity index (χ0v) is 15.1. The largest absolute Gasteiger partial charge is 0.457 e. The summed E-state index contributed by atoms with van der Waals surface area (Å²) < 4.78 is 28.8. The third kappa shape index (κ3) is 5.30. The molecule has 130 valence electrons. The molecule has 0 N–H and O–H groups in total. The maximum atomic E-state index is 12.7. The van der Waals surface area contributed by atoms with Gasteiger partial charge < -0.3 is 13.8 Å². The molecule has 0 saturated carbocycles. The third-order valence-corrected chi connectivity index (χ3v) is 5.19. The number of allylic oxidation sites excluding steroid dienone is 1. The van der Waals surface area contributed by atoms with Gasteiger partial charge in [-0.15, -0.1) is 0 Å². The molecule has 2 aromatic rings. The average Bonchev–Trinajstić information content (AvgIpc) is 2.62. The van der Waals surface area contributed by atoms with E-state index in [-0.39, 0.29) is 18.5 Å². The Hall–Kier alpha value is -2.38.